The molecule has 15 heterocycles. The van der Waals surface area contributed by atoms with E-state index in [1.54, 1.807) is 181 Å². The number of pyridine rings is 5. The Morgan fingerprint density at radius 1 is 0.324 bits per heavy atom. The van der Waals surface area contributed by atoms with Crippen molar-refractivity contribution in [1.29, 1.82) is 0 Å². The van der Waals surface area contributed by atoms with E-state index >= 15 is 0 Å². The highest BCUT2D eigenvalue weighted by atomic mass is 79.9. The summed E-state index contributed by atoms with van der Waals surface area (Å²) >= 11 is 16.9. The molecule has 0 aliphatic rings. The van der Waals surface area contributed by atoms with Crippen LogP contribution >= 0.6 is 104 Å². The molecule has 0 saturated carbocycles. The third-order valence-electron chi connectivity index (χ3n) is 19.9. The van der Waals surface area contributed by atoms with E-state index in [4.69, 9.17) is 0 Å². The smallest absolute Gasteiger partial charge is 0.253 e. The Kier molecular flexibility index (Phi) is 29.5. The molecule has 5 aromatic carbocycles. The van der Waals surface area contributed by atoms with Crippen molar-refractivity contribution in [3.05, 3.63) is 355 Å². The van der Waals surface area contributed by atoms with Gasteiger partial charge in [0.1, 0.15) is 33.3 Å². The van der Waals surface area contributed by atoms with Crippen molar-refractivity contribution < 1.29 is 62.8 Å². The Hall–Kier alpha value is -14.1. The number of benzene rings is 5. The first kappa shape index (κ1) is 95.1. The van der Waals surface area contributed by atoms with Crippen molar-refractivity contribution in [2.45, 2.75) is 41.8 Å². The second-order valence-corrected chi connectivity index (χ2v) is 42.0. The third-order valence-corrected chi connectivity index (χ3v) is 29.6. The highest BCUT2D eigenvalue weighted by Crippen LogP contribution is 2.31. The number of rotatable bonds is 22. The van der Waals surface area contributed by atoms with Gasteiger partial charge in [-0.15, -0.1) is 56.7 Å². The lowest BCUT2D eigenvalue weighted by Gasteiger charge is -2.06. The molecule has 0 atom stereocenters. The molecular weight excluding hydrogens is 2090 g/mol. The number of hydrogen-bond donors (Lipinski definition) is 5. The number of carbonyl (C=O) groups is 5. The van der Waals surface area contributed by atoms with Crippen molar-refractivity contribution in [3.63, 3.8) is 0 Å². The topological polar surface area (TPSA) is 393 Å². The van der Waals surface area contributed by atoms with E-state index in [1.807, 2.05) is 16.8 Å². The van der Waals surface area contributed by atoms with Gasteiger partial charge in [0.2, 0.25) is 0 Å². The van der Waals surface area contributed by atoms with E-state index < -0.39 is 19.7 Å². The van der Waals surface area contributed by atoms with Gasteiger partial charge in [-0.1, -0.05) is 0 Å². The van der Waals surface area contributed by atoms with E-state index in [0.29, 0.717) is 130 Å². The number of thiophene rings is 3. The first-order valence-corrected chi connectivity index (χ1v) is 50.2. The molecule has 136 heavy (non-hydrogen) atoms. The maximum atomic E-state index is 13.2. The Bertz CT molecular complexity index is 7450. The van der Waals surface area contributed by atoms with Crippen molar-refractivity contribution in [2.75, 3.05) is 12.5 Å². The molecular formula is C90H64Br3F5N22O9S7. The van der Waals surface area contributed by atoms with Crippen LogP contribution in [0.25, 0.3) is 83.0 Å². The van der Waals surface area contributed by atoms with Crippen LogP contribution in [0.2, 0.25) is 0 Å². The first-order chi connectivity index (χ1) is 65.5. The van der Waals surface area contributed by atoms with Gasteiger partial charge >= 0.3 is 0 Å². The summed E-state index contributed by atoms with van der Waals surface area (Å²) in [6.07, 6.45) is 27.4. The van der Waals surface area contributed by atoms with Gasteiger partial charge in [0.25, 0.3) is 29.5 Å². The molecule has 0 saturated heterocycles. The van der Waals surface area contributed by atoms with Gasteiger partial charge in [0.15, 0.2) is 27.5 Å². The zero-order valence-electron chi connectivity index (χ0n) is 70.0. The molecule has 0 unspecified atom stereocenters. The standard InChI is InChI=1S/2C19H15FN4O3S2.C18H12BrFN4OS.2C17H11BrFN5OS/c1-29(26,27)15-6-14(28-11-15)7-22-19(25)17-8-21-10-18-16(17)9-23-24(18)13-4-2-12(20)3-5-13;1-29(26,27)18-7-6-14(28-18)8-22-19(25)16-9-21-11-17-15(16)10-23-24(17)13-4-2-12(20)3-5-13;19-11-5-14(26-10-11)6-22-18(25)16-7-21-9-17-15(16)8-23-24(17)13-3-1-12(20)2-4-13;18-17-23-11(9-26-17)5-21-16(25)14-6-20-8-15-13(14)7-22-24(15)12-3-1-10(19)2-4-12;18-17-22-6-12(26-17)5-21-16(25)14-7-20-9-15-13(14)8-23-24(15)11-3-1-10(19)2-4-11/h2-6,8-11H,7H2,1H3,(H,22,25);2-7,9-11H,8H2,1H3,(H,22,25);1-5,7-10H,6H2,(H,22,25);2*1-4,6-9H,5H2,(H,21,25). The van der Waals surface area contributed by atoms with Crippen molar-refractivity contribution in [1.82, 2.24) is 110 Å². The number of nitrogens with zero attached hydrogens (tertiary/aromatic N) is 17. The second kappa shape index (κ2) is 42.2. The lowest BCUT2D eigenvalue weighted by atomic mass is 10.2. The maximum absolute atomic E-state index is 13.2. The number of amides is 5. The lowest BCUT2D eigenvalue weighted by molar-refractivity contribution is 0.0944. The summed E-state index contributed by atoms with van der Waals surface area (Å²) < 4.78 is 123. The maximum Gasteiger partial charge on any atom is 0.253 e. The van der Waals surface area contributed by atoms with E-state index in [9.17, 15) is 62.8 Å². The van der Waals surface area contributed by atoms with Crippen molar-refractivity contribution in [3.8, 4) is 28.4 Å². The number of aromatic nitrogens is 17. The van der Waals surface area contributed by atoms with Crippen LogP contribution in [0.3, 0.4) is 0 Å². The molecule has 20 rings (SSSR count). The predicted octanol–water partition coefficient (Wildman–Crippen LogP) is 17.6. The Labute approximate surface area is 812 Å². The Balaban J connectivity index is 0.000000123. The summed E-state index contributed by atoms with van der Waals surface area (Å²) in [7, 11) is -6.54. The van der Waals surface area contributed by atoms with Crippen LogP contribution in [0.1, 0.15) is 77.0 Å². The molecule has 0 aliphatic heterocycles. The van der Waals surface area contributed by atoms with Crippen molar-refractivity contribution in [2.24, 2.45) is 0 Å². The number of sulfone groups is 2. The molecule has 20 aromatic rings. The molecule has 0 aliphatic carbocycles. The monoisotopic (exact) mass is 2150 g/mol. The van der Waals surface area contributed by atoms with Crippen LogP contribution in [0.15, 0.2) is 282 Å². The minimum atomic E-state index is -3.27. The number of halogens is 8. The third kappa shape index (κ3) is 22.8. The van der Waals surface area contributed by atoms with Gasteiger partial charge in [0.05, 0.1) is 189 Å². The fourth-order valence-corrected chi connectivity index (χ4v) is 21.0. The Morgan fingerprint density at radius 3 is 0.904 bits per heavy atom. The fraction of sp³-hybridized carbons (Fsp3) is 0.0778. The van der Waals surface area contributed by atoms with Gasteiger partial charge in [0, 0.05) is 117 Å². The van der Waals surface area contributed by atoms with Crippen molar-refractivity contribution >= 4 is 208 Å². The number of nitrogens with one attached hydrogen (secondary N) is 5. The van der Waals surface area contributed by atoms with Crippen LogP contribution in [0.4, 0.5) is 22.0 Å². The number of hydrogen-bond acceptors (Lipinski definition) is 26. The summed E-state index contributed by atoms with van der Waals surface area (Å²) in [4.78, 5) is 95.8. The summed E-state index contributed by atoms with van der Waals surface area (Å²) in [5.74, 6) is -3.08. The highest BCUT2D eigenvalue weighted by Gasteiger charge is 2.24. The van der Waals surface area contributed by atoms with Crippen LogP contribution in [-0.2, 0) is 52.4 Å². The molecule has 31 nitrogen and oxygen atoms in total. The Morgan fingerprint density at radius 2 is 0.632 bits per heavy atom. The van der Waals surface area contributed by atoms with Gasteiger partial charge in [-0.3, -0.25) is 48.9 Å². The molecule has 0 radical (unpaired) electrons. The summed E-state index contributed by atoms with van der Waals surface area (Å²) in [6.45, 7) is 1.54. The second-order valence-electron chi connectivity index (χ2n) is 29.1. The quantitative estimate of drug-likeness (QED) is 0.0393. The zero-order valence-corrected chi connectivity index (χ0v) is 80.5. The van der Waals surface area contributed by atoms with Crippen LogP contribution in [0.5, 0.6) is 0 Å². The van der Waals surface area contributed by atoms with Gasteiger partial charge in [-0.25, -0.2) is 72.2 Å². The molecule has 5 N–H and O–H groups in total. The largest absolute Gasteiger partial charge is 0.347 e. The lowest BCUT2D eigenvalue weighted by Crippen LogP contribution is -2.23. The molecule has 5 amide bonds. The van der Waals surface area contributed by atoms with E-state index in [-0.39, 0.29) is 80.8 Å². The molecule has 46 heteroatoms. The minimum absolute atomic E-state index is 0.196. The predicted molar refractivity (Wildman–Crippen MR) is 516 cm³/mol. The van der Waals surface area contributed by atoms with E-state index in [2.05, 4.69) is 135 Å². The van der Waals surface area contributed by atoms with Gasteiger partial charge in [-0.05, 0) is 193 Å². The average Bonchev–Trinajstić information content (AvgIpc) is 1.65. The highest BCUT2D eigenvalue weighted by molar-refractivity contribution is 9.11. The zero-order chi connectivity index (χ0) is 95.5. The molecule has 15 aromatic heterocycles. The fourth-order valence-electron chi connectivity index (χ4n) is 13.3. The molecule has 0 spiro atoms. The van der Waals surface area contributed by atoms with Crippen LogP contribution < -0.4 is 26.6 Å². The van der Waals surface area contributed by atoms with Gasteiger partial charge < -0.3 is 26.6 Å². The summed E-state index contributed by atoms with van der Waals surface area (Å²) in [5, 5.41) is 44.3. The number of carbonyl (C=O) groups excluding carboxylic acids is 5. The van der Waals surface area contributed by atoms with Gasteiger partial charge in [-0.2, -0.15) is 25.5 Å². The number of thiazole rings is 2. The van der Waals surface area contributed by atoms with Crippen LogP contribution in [0, 0.1) is 29.1 Å². The molecule has 0 bridgehead atoms. The normalized spacial score (nSPS) is 11.3. The molecule has 686 valence electrons. The van der Waals surface area contributed by atoms with E-state index in [1.165, 1.54) is 132 Å². The summed E-state index contributed by atoms with van der Waals surface area (Å²) in [5.41, 5.74) is 9.38. The minimum Gasteiger partial charge on any atom is -0.347 e. The van der Waals surface area contributed by atoms with Crippen LogP contribution in [-0.4, -0.2) is 143 Å². The number of fused-ring (bicyclic) bond motifs is 5. The summed E-state index contributed by atoms with van der Waals surface area (Å²) in [6, 6.07) is 36.3. The first-order valence-electron chi connectivity index (χ1n) is 39.8. The SMILES string of the molecule is CS(=O)(=O)c1ccc(CNC(=O)c2cncc3c2cnn3-c2ccc(F)cc2)s1.CS(=O)(=O)c1csc(CNC(=O)c2cncc3c2cnn3-c2ccc(F)cc2)c1.O=C(NCc1cc(Br)cs1)c1cncc2c1cnn2-c1ccc(F)cc1.O=C(NCc1cnc(Br)s1)c1cncc2c1cnn2-c1ccc(F)cc1.O=C(NCc1csc(Br)n1)c1cncc2c1cnn2-c1ccc(F)cc1. The van der Waals surface area contributed by atoms with E-state index in [0.717, 1.165) is 61.4 Å². The molecule has 0 fully saturated rings. The average molecular weight is 2160 g/mol.